The minimum Gasteiger partial charge on any atom is -0.356 e. The average molecular weight is 279 g/mol. The van der Waals surface area contributed by atoms with Gasteiger partial charge in [-0.05, 0) is 29.3 Å². The summed E-state index contributed by atoms with van der Waals surface area (Å²) >= 11 is 9.09. The molecule has 78 valence electrons. The second kappa shape index (κ2) is 6.19. The molecule has 0 aliphatic rings. The zero-order chi connectivity index (χ0) is 10.4. The molecule has 0 N–H and O–H groups in total. The summed E-state index contributed by atoms with van der Waals surface area (Å²) in [6.45, 7) is 3.95. The van der Waals surface area contributed by atoms with E-state index in [2.05, 4.69) is 37.7 Å². The highest BCUT2D eigenvalue weighted by molar-refractivity contribution is 9.10. The maximum atomic E-state index is 5.66. The van der Waals surface area contributed by atoms with Gasteiger partial charge in [-0.1, -0.05) is 0 Å². The third-order valence-corrected chi connectivity index (χ3v) is 2.72. The Hall–Kier alpha value is -0.350. The van der Waals surface area contributed by atoms with Crippen molar-refractivity contribution >= 4 is 33.3 Å². The standard InChI is InChI=1S/C9H13BrClN3/c1-2-14(5-3-4-11)9-8(10)6-12-7-13-9/h6-7H,2-5H2,1H3. The minimum atomic E-state index is 0.680. The Morgan fingerprint density at radius 1 is 1.57 bits per heavy atom. The van der Waals surface area contributed by atoms with Crippen LogP contribution in [0, 0.1) is 0 Å². The Balaban J connectivity index is 2.73. The lowest BCUT2D eigenvalue weighted by molar-refractivity contribution is 0.776. The van der Waals surface area contributed by atoms with Gasteiger partial charge in [-0.15, -0.1) is 11.6 Å². The lowest BCUT2D eigenvalue weighted by Gasteiger charge is -2.21. The number of rotatable bonds is 5. The molecule has 0 radical (unpaired) electrons. The van der Waals surface area contributed by atoms with E-state index in [1.807, 2.05) is 0 Å². The van der Waals surface area contributed by atoms with Gasteiger partial charge in [0.2, 0.25) is 0 Å². The van der Waals surface area contributed by atoms with Crippen molar-refractivity contribution in [2.75, 3.05) is 23.9 Å². The van der Waals surface area contributed by atoms with E-state index >= 15 is 0 Å². The number of alkyl halides is 1. The lowest BCUT2D eigenvalue weighted by atomic mass is 10.4. The zero-order valence-electron chi connectivity index (χ0n) is 8.08. The highest BCUT2D eigenvalue weighted by Gasteiger charge is 2.08. The van der Waals surface area contributed by atoms with E-state index in [0.29, 0.717) is 5.88 Å². The van der Waals surface area contributed by atoms with Gasteiger partial charge in [0.05, 0.1) is 4.47 Å². The molecule has 0 bridgehead atoms. The van der Waals surface area contributed by atoms with Crippen molar-refractivity contribution in [2.45, 2.75) is 13.3 Å². The van der Waals surface area contributed by atoms with Gasteiger partial charge in [-0.2, -0.15) is 0 Å². The van der Waals surface area contributed by atoms with Crippen LogP contribution in [0.3, 0.4) is 0 Å². The molecule has 14 heavy (non-hydrogen) atoms. The highest BCUT2D eigenvalue weighted by atomic mass is 79.9. The van der Waals surface area contributed by atoms with Gasteiger partial charge < -0.3 is 4.90 Å². The molecule has 1 heterocycles. The first-order chi connectivity index (χ1) is 6.79. The first-order valence-electron chi connectivity index (χ1n) is 4.56. The van der Waals surface area contributed by atoms with Crippen molar-refractivity contribution < 1.29 is 0 Å². The Morgan fingerprint density at radius 2 is 2.36 bits per heavy atom. The second-order valence-corrected chi connectivity index (χ2v) is 4.05. The van der Waals surface area contributed by atoms with Crippen LogP contribution in [0.15, 0.2) is 17.0 Å². The molecule has 1 aromatic rings. The van der Waals surface area contributed by atoms with E-state index in [1.54, 1.807) is 12.5 Å². The van der Waals surface area contributed by atoms with Crippen LogP contribution in [0.25, 0.3) is 0 Å². The van der Waals surface area contributed by atoms with Crippen LogP contribution in [0.2, 0.25) is 0 Å². The summed E-state index contributed by atoms with van der Waals surface area (Å²) in [6, 6.07) is 0. The summed E-state index contributed by atoms with van der Waals surface area (Å²) in [5.74, 6) is 1.62. The Morgan fingerprint density at radius 3 is 2.93 bits per heavy atom. The Kier molecular flexibility index (Phi) is 5.19. The van der Waals surface area contributed by atoms with Crippen molar-refractivity contribution in [1.29, 1.82) is 0 Å². The quantitative estimate of drug-likeness (QED) is 0.776. The zero-order valence-corrected chi connectivity index (χ0v) is 10.4. The molecular weight excluding hydrogens is 265 g/mol. The summed E-state index contributed by atoms with van der Waals surface area (Å²) in [4.78, 5) is 10.3. The van der Waals surface area contributed by atoms with E-state index < -0.39 is 0 Å². The first-order valence-corrected chi connectivity index (χ1v) is 5.88. The van der Waals surface area contributed by atoms with Gasteiger partial charge in [-0.3, -0.25) is 0 Å². The Bertz CT molecular complexity index is 283. The van der Waals surface area contributed by atoms with Crippen molar-refractivity contribution in [3.05, 3.63) is 17.0 Å². The molecule has 1 aromatic heterocycles. The largest absolute Gasteiger partial charge is 0.356 e. The van der Waals surface area contributed by atoms with Crippen molar-refractivity contribution in [1.82, 2.24) is 9.97 Å². The van der Waals surface area contributed by atoms with Crippen molar-refractivity contribution in [3.63, 3.8) is 0 Å². The van der Waals surface area contributed by atoms with Gasteiger partial charge in [0.1, 0.15) is 12.1 Å². The maximum absolute atomic E-state index is 5.66. The summed E-state index contributed by atoms with van der Waals surface area (Å²) < 4.78 is 0.927. The van der Waals surface area contributed by atoms with Crippen LogP contribution in [0.4, 0.5) is 5.82 Å². The summed E-state index contributed by atoms with van der Waals surface area (Å²) in [7, 11) is 0. The molecule has 0 amide bonds. The molecule has 0 unspecified atom stereocenters. The van der Waals surface area contributed by atoms with Gasteiger partial charge >= 0.3 is 0 Å². The molecule has 0 aliphatic carbocycles. The van der Waals surface area contributed by atoms with Gasteiger partial charge in [-0.25, -0.2) is 9.97 Å². The second-order valence-electron chi connectivity index (χ2n) is 2.82. The van der Waals surface area contributed by atoms with Crippen molar-refractivity contribution in [2.24, 2.45) is 0 Å². The average Bonchev–Trinajstić information content (AvgIpc) is 2.21. The number of hydrogen-bond donors (Lipinski definition) is 0. The molecule has 0 spiro atoms. The van der Waals surface area contributed by atoms with Crippen LogP contribution in [-0.2, 0) is 0 Å². The van der Waals surface area contributed by atoms with E-state index in [9.17, 15) is 0 Å². The lowest BCUT2D eigenvalue weighted by Crippen LogP contribution is -2.25. The fraction of sp³-hybridized carbons (Fsp3) is 0.556. The number of nitrogens with zero attached hydrogens (tertiary/aromatic N) is 3. The number of halogens is 2. The molecule has 0 fully saturated rings. The molecule has 3 nitrogen and oxygen atoms in total. The van der Waals surface area contributed by atoms with Crippen molar-refractivity contribution in [3.8, 4) is 0 Å². The highest BCUT2D eigenvalue weighted by Crippen LogP contribution is 2.21. The molecule has 0 saturated heterocycles. The topological polar surface area (TPSA) is 29.0 Å². The Labute approximate surface area is 97.6 Å². The summed E-state index contributed by atoms with van der Waals surface area (Å²) in [5, 5.41) is 0. The van der Waals surface area contributed by atoms with E-state index in [1.165, 1.54) is 0 Å². The van der Waals surface area contributed by atoms with E-state index in [-0.39, 0.29) is 0 Å². The number of aromatic nitrogens is 2. The summed E-state index contributed by atoms with van der Waals surface area (Å²) in [5.41, 5.74) is 0. The molecule has 0 atom stereocenters. The van der Waals surface area contributed by atoms with Gasteiger partial charge in [0.15, 0.2) is 0 Å². The van der Waals surface area contributed by atoms with Crippen LogP contribution in [-0.4, -0.2) is 28.9 Å². The van der Waals surface area contributed by atoms with Gasteiger partial charge in [0.25, 0.3) is 0 Å². The molecule has 0 saturated carbocycles. The van der Waals surface area contributed by atoms with Crippen LogP contribution < -0.4 is 4.90 Å². The van der Waals surface area contributed by atoms with Crippen LogP contribution in [0.1, 0.15) is 13.3 Å². The smallest absolute Gasteiger partial charge is 0.146 e. The first kappa shape index (κ1) is 11.7. The van der Waals surface area contributed by atoms with Gasteiger partial charge in [0, 0.05) is 25.2 Å². The third-order valence-electron chi connectivity index (χ3n) is 1.89. The fourth-order valence-electron chi connectivity index (χ4n) is 1.20. The number of anilines is 1. The SMILES string of the molecule is CCN(CCCCl)c1ncncc1Br. The summed E-state index contributed by atoms with van der Waals surface area (Å²) in [6.07, 6.45) is 4.28. The normalized spacial score (nSPS) is 10.2. The number of hydrogen-bond acceptors (Lipinski definition) is 3. The van der Waals surface area contributed by atoms with Crippen LogP contribution >= 0.6 is 27.5 Å². The van der Waals surface area contributed by atoms with E-state index in [0.717, 1.165) is 29.8 Å². The van der Waals surface area contributed by atoms with E-state index in [4.69, 9.17) is 11.6 Å². The minimum absolute atomic E-state index is 0.680. The molecular formula is C9H13BrClN3. The monoisotopic (exact) mass is 277 g/mol. The molecule has 1 rings (SSSR count). The third kappa shape index (κ3) is 3.10. The predicted molar refractivity (Wildman–Crippen MR) is 63.0 cm³/mol. The maximum Gasteiger partial charge on any atom is 0.146 e. The predicted octanol–water partition coefficient (Wildman–Crippen LogP) is 2.69. The molecule has 5 heteroatoms. The molecule has 0 aliphatic heterocycles. The molecule has 0 aromatic carbocycles. The van der Waals surface area contributed by atoms with Crippen LogP contribution in [0.5, 0.6) is 0 Å². The fourth-order valence-corrected chi connectivity index (χ4v) is 1.79.